The zero-order valence-electron chi connectivity index (χ0n) is 13.0. The van der Waals surface area contributed by atoms with Crippen LogP contribution in [0.25, 0.3) is 5.69 Å². The Kier molecular flexibility index (Phi) is 5.63. The molecule has 2 N–H and O–H groups in total. The molecule has 0 saturated heterocycles. The highest BCUT2D eigenvalue weighted by atomic mass is 32.2. The summed E-state index contributed by atoms with van der Waals surface area (Å²) in [6.07, 6.45) is 3.10. The third-order valence-corrected chi connectivity index (χ3v) is 4.12. The molecule has 1 amide bonds. The molecule has 2 aromatic rings. The van der Waals surface area contributed by atoms with E-state index in [1.165, 1.54) is 17.3 Å². The summed E-state index contributed by atoms with van der Waals surface area (Å²) < 4.78 is 1.99. The Morgan fingerprint density at radius 2 is 2.23 bits per heavy atom. The first-order chi connectivity index (χ1) is 10.5. The minimum atomic E-state index is -0.536. The van der Waals surface area contributed by atoms with Gasteiger partial charge in [-0.05, 0) is 38.0 Å². The van der Waals surface area contributed by atoms with Gasteiger partial charge in [0.15, 0.2) is 5.16 Å². The number of aryl methyl sites for hydroxylation is 2. The first-order valence-electron chi connectivity index (χ1n) is 7.16. The molecule has 0 spiro atoms. The lowest BCUT2D eigenvalue weighted by molar-refractivity contribution is -0.118. The molecule has 0 fully saturated rings. The third kappa shape index (κ3) is 4.35. The molecule has 6 heteroatoms. The van der Waals surface area contributed by atoms with E-state index in [4.69, 9.17) is 5.11 Å². The van der Waals surface area contributed by atoms with Crippen LogP contribution in [0.3, 0.4) is 0 Å². The fourth-order valence-corrected chi connectivity index (χ4v) is 2.80. The number of carbonyl (C=O) groups is 1. The zero-order chi connectivity index (χ0) is 16.1. The summed E-state index contributed by atoms with van der Waals surface area (Å²) >= 11 is 1.38. The van der Waals surface area contributed by atoms with E-state index >= 15 is 0 Å². The number of rotatable bonds is 6. The number of benzene rings is 1. The fourth-order valence-electron chi connectivity index (χ4n) is 2.00. The predicted octanol–water partition coefficient (Wildman–Crippen LogP) is 2.08. The van der Waals surface area contributed by atoms with Crippen LogP contribution in [0.1, 0.15) is 18.1 Å². The lowest BCUT2D eigenvalue weighted by atomic mass is 10.1. The fraction of sp³-hybridized carbons (Fsp3) is 0.375. The number of carbonyl (C=O) groups excluding carboxylic acids is 1. The van der Waals surface area contributed by atoms with E-state index in [2.05, 4.69) is 42.3 Å². The molecule has 0 aliphatic heterocycles. The molecule has 0 saturated carbocycles. The van der Waals surface area contributed by atoms with Gasteiger partial charge < -0.3 is 10.4 Å². The topological polar surface area (TPSA) is 67.2 Å². The predicted molar refractivity (Wildman–Crippen MR) is 88.5 cm³/mol. The summed E-state index contributed by atoms with van der Waals surface area (Å²) in [5.74, 6) is 0.163. The van der Waals surface area contributed by atoms with Crippen LogP contribution >= 0.6 is 11.8 Å². The smallest absolute Gasteiger partial charge is 0.230 e. The molecule has 2 rings (SSSR count). The standard InChI is InChI=1S/C16H21N3O2S/c1-11-4-5-12(2)14(8-11)19-7-6-17-16(19)22-10-15(21)18-9-13(3)20/h4-8,13,20H,9-10H2,1-3H3,(H,18,21). The Balaban J connectivity index is 2.07. The van der Waals surface area contributed by atoms with Crippen molar-refractivity contribution < 1.29 is 9.90 Å². The van der Waals surface area contributed by atoms with Gasteiger partial charge in [-0.15, -0.1) is 0 Å². The normalized spacial score (nSPS) is 12.2. The molecule has 118 valence electrons. The lowest BCUT2D eigenvalue weighted by Crippen LogP contribution is -2.31. The van der Waals surface area contributed by atoms with Gasteiger partial charge in [-0.1, -0.05) is 23.9 Å². The van der Waals surface area contributed by atoms with Crippen molar-refractivity contribution in [2.75, 3.05) is 12.3 Å². The van der Waals surface area contributed by atoms with Crippen LogP contribution in [-0.4, -0.2) is 39.0 Å². The maximum absolute atomic E-state index is 11.7. The average Bonchev–Trinajstić information content (AvgIpc) is 2.93. The maximum Gasteiger partial charge on any atom is 0.230 e. The van der Waals surface area contributed by atoms with Crippen LogP contribution in [-0.2, 0) is 4.79 Å². The van der Waals surface area contributed by atoms with E-state index in [1.807, 2.05) is 10.8 Å². The van der Waals surface area contributed by atoms with Crippen molar-refractivity contribution in [1.29, 1.82) is 0 Å². The van der Waals surface area contributed by atoms with Gasteiger partial charge in [-0.25, -0.2) is 4.98 Å². The van der Waals surface area contributed by atoms with Crippen molar-refractivity contribution >= 4 is 17.7 Å². The monoisotopic (exact) mass is 319 g/mol. The van der Waals surface area contributed by atoms with Gasteiger partial charge in [0, 0.05) is 18.9 Å². The Labute approximate surface area is 134 Å². The number of aliphatic hydroxyl groups excluding tert-OH is 1. The molecule has 1 heterocycles. The van der Waals surface area contributed by atoms with Crippen molar-refractivity contribution in [3.05, 3.63) is 41.7 Å². The van der Waals surface area contributed by atoms with E-state index in [9.17, 15) is 4.79 Å². The van der Waals surface area contributed by atoms with Crippen molar-refractivity contribution in [1.82, 2.24) is 14.9 Å². The number of aromatic nitrogens is 2. The van der Waals surface area contributed by atoms with Gasteiger partial charge in [-0.3, -0.25) is 9.36 Å². The number of amides is 1. The number of hydrogen-bond acceptors (Lipinski definition) is 4. The van der Waals surface area contributed by atoms with Crippen molar-refractivity contribution in [2.24, 2.45) is 0 Å². The van der Waals surface area contributed by atoms with E-state index in [0.29, 0.717) is 0 Å². The highest BCUT2D eigenvalue weighted by Crippen LogP contribution is 2.23. The molecule has 0 aliphatic carbocycles. The molecule has 0 radical (unpaired) electrons. The van der Waals surface area contributed by atoms with Crippen molar-refractivity contribution in [2.45, 2.75) is 32.0 Å². The first kappa shape index (κ1) is 16.6. The van der Waals surface area contributed by atoms with E-state index < -0.39 is 6.10 Å². The molecule has 1 aromatic heterocycles. The third-order valence-electron chi connectivity index (χ3n) is 3.16. The minimum Gasteiger partial charge on any atom is -0.392 e. The van der Waals surface area contributed by atoms with E-state index in [0.717, 1.165) is 16.4 Å². The number of nitrogens with one attached hydrogen (secondary N) is 1. The number of thioether (sulfide) groups is 1. The summed E-state index contributed by atoms with van der Waals surface area (Å²) in [4.78, 5) is 16.1. The van der Waals surface area contributed by atoms with E-state index in [1.54, 1.807) is 13.1 Å². The second-order valence-corrected chi connectivity index (χ2v) is 6.25. The molecular formula is C16H21N3O2S. The van der Waals surface area contributed by atoms with Crippen molar-refractivity contribution in [3.63, 3.8) is 0 Å². The van der Waals surface area contributed by atoms with Crippen molar-refractivity contribution in [3.8, 4) is 5.69 Å². The van der Waals surface area contributed by atoms with Crippen LogP contribution < -0.4 is 5.32 Å². The maximum atomic E-state index is 11.7. The average molecular weight is 319 g/mol. The summed E-state index contributed by atoms with van der Waals surface area (Å²) in [7, 11) is 0. The van der Waals surface area contributed by atoms with Crippen LogP contribution in [0.4, 0.5) is 0 Å². The van der Waals surface area contributed by atoms with Crippen LogP contribution in [0.5, 0.6) is 0 Å². The Hall–Kier alpha value is -1.79. The number of nitrogens with zero attached hydrogens (tertiary/aromatic N) is 2. The SMILES string of the molecule is Cc1ccc(C)c(-n2ccnc2SCC(=O)NCC(C)O)c1. The van der Waals surface area contributed by atoms with Crippen LogP contribution in [0.15, 0.2) is 35.7 Å². The minimum absolute atomic E-state index is 0.110. The molecule has 1 aromatic carbocycles. The van der Waals surface area contributed by atoms with E-state index in [-0.39, 0.29) is 18.2 Å². The van der Waals surface area contributed by atoms with Gasteiger partial charge in [0.2, 0.25) is 5.91 Å². The van der Waals surface area contributed by atoms with Crippen LogP contribution in [0.2, 0.25) is 0 Å². The molecule has 0 bridgehead atoms. The molecular weight excluding hydrogens is 298 g/mol. The Morgan fingerprint density at radius 1 is 1.45 bits per heavy atom. The largest absolute Gasteiger partial charge is 0.392 e. The lowest BCUT2D eigenvalue weighted by Gasteiger charge is -2.11. The van der Waals surface area contributed by atoms with Gasteiger partial charge in [-0.2, -0.15) is 0 Å². The molecule has 1 atom stereocenters. The Morgan fingerprint density at radius 3 is 2.95 bits per heavy atom. The van der Waals surface area contributed by atoms with Gasteiger partial charge in [0.1, 0.15) is 0 Å². The summed E-state index contributed by atoms with van der Waals surface area (Å²) in [6.45, 7) is 6.01. The second-order valence-electron chi connectivity index (χ2n) is 5.31. The highest BCUT2D eigenvalue weighted by molar-refractivity contribution is 7.99. The zero-order valence-corrected chi connectivity index (χ0v) is 13.9. The number of hydrogen-bond donors (Lipinski definition) is 2. The highest BCUT2D eigenvalue weighted by Gasteiger charge is 2.11. The summed E-state index contributed by atoms with van der Waals surface area (Å²) in [5.41, 5.74) is 3.41. The van der Waals surface area contributed by atoms with Gasteiger partial charge in [0.05, 0.1) is 17.5 Å². The van der Waals surface area contributed by atoms with Gasteiger partial charge in [0.25, 0.3) is 0 Å². The number of imidazole rings is 1. The van der Waals surface area contributed by atoms with Gasteiger partial charge >= 0.3 is 0 Å². The molecule has 5 nitrogen and oxygen atoms in total. The second kappa shape index (κ2) is 7.47. The Bertz CT molecular complexity index is 653. The quantitative estimate of drug-likeness (QED) is 0.800. The molecule has 1 unspecified atom stereocenters. The van der Waals surface area contributed by atoms with Crippen LogP contribution in [0, 0.1) is 13.8 Å². The molecule has 22 heavy (non-hydrogen) atoms. The summed E-state index contributed by atoms with van der Waals surface area (Å²) in [6, 6.07) is 6.26. The number of aliphatic hydroxyl groups is 1. The summed E-state index contributed by atoms with van der Waals surface area (Å²) in [5, 5.41) is 12.6. The molecule has 0 aliphatic rings. The first-order valence-corrected chi connectivity index (χ1v) is 8.14.